The van der Waals surface area contributed by atoms with E-state index in [2.05, 4.69) is 15.2 Å². The predicted octanol–water partition coefficient (Wildman–Crippen LogP) is 3.98. The Labute approximate surface area is 172 Å². The first-order valence-corrected chi connectivity index (χ1v) is 10.2. The van der Waals surface area contributed by atoms with Gasteiger partial charge in [0.05, 0.1) is 17.3 Å². The highest BCUT2D eigenvalue weighted by Crippen LogP contribution is 2.33. The normalized spacial score (nSPS) is 17.3. The molecule has 6 nitrogen and oxygen atoms in total. The number of carbonyl (C=O) groups is 1. The molecule has 1 aliphatic heterocycles. The Balaban J connectivity index is 1.36. The van der Waals surface area contributed by atoms with Crippen molar-refractivity contribution in [2.24, 2.45) is 5.92 Å². The summed E-state index contributed by atoms with van der Waals surface area (Å²) in [7, 11) is 0. The van der Waals surface area contributed by atoms with Crippen LogP contribution in [-0.4, -0.2) is 39.9 Å². The minimum absolute atomic E-state index is 0.166. The van der Waals surface area contributed by atoms with Gasteiger partial charge in [-0.05, 0) is 43.9 Å². The highest BCUT2D eigenvalue weighted by Gasteiger charge is 2.31. The quantitative estimate of drug-likeness (QED) is 0.643. The van der Waals surface area contributed by atoms with E-state index in [4.69, 9.17) is 9.97 Å². The lowest BCUT2D eigenvalue weighted by atomic mass is 9.88. The number of pyridine rings is 1. The number of aromatic nitrogens is 3. The summed E-state index contributed by atoms with van der Waals surface area (Å²) in [5, 5.41) is 3.45. The number of fused-ring (bicyclic) bond motifs is 1. The smallest absolute Gasteiger partial charge is 0.172 e. The maximum atomic E-state index is 14.0. The van der Waals surface area contributed by atoms with Crippen molar-refractivity contribution in [1.29, 1.82) is 0 Å². The lowest BCUT2D eigenvalue weighted by molar-refractivity contribution is 0.0895. The van der Waals surface area contributed by atoms with Gasteiger partial charge in [0, 0.05) is 31.2 Å². The first kappa shape index (κ1) is 18.8. The number of piperidine rings is 1. The van der Waals surface area contributed by atoms with Crippen molar-refractivity contribution in [2.75, 3.05) is 23.3 Å². The van der Waals surface area contributed by atoms with Crippen LogP contribution < -0.4 is 10.2 Å². The maximum Gasteiger partial charge on any atom is 0.172 e. The van der Waals surface area contributed by atoms with Gasteiger partial charge in [-0.1, -0.05) is 6.07 Å². The molecule has 5 rings (SSSR count). The van der Waals surface area contributed by atoms with Crippen LogP contribution in [0.25, 0.3) is 11.0 Å². The van der Waals surface area contributed by atoms with Gasteiger partial charge in [0.15, 0.2) is 29.1 Å². The van der Waals surface area contributed by atoms with Crippen LogP contribution >= 0.6 is 0 Å². The molecule has 8 heteroatoms. The largest absolute Gasteiger partial charge is 0.364 e. The standard InChI is InChI=1S/C22H21F2N5O/c23-16-3-1-2-15(19(16)24)20(30)13-7-10-29(11-8-13)22-21(26-14-4-5-14)27-17-6-9-25-12-18(17)28-22/h1-3,6,9,12-14H,4-5,7-8,10-11H2,(H,26,27). The van der Waals surface area contributed by atoms with E-state index in [-0.39, 0.29) is 17.3 Å². The third-order valence-corrected chi connectivity index (χ3v) is 5.75. The van der Waals surface area contributed by atoms with Gasteiger partial charge < -0.3 is 10.2 Å². The SMILES string of the molecule is O=C(c1cccc(F)c1F)C1CCN(c2nc3cnccc3nc2NC2CC2)CC1. The van der Waals surface area contributed by atoms with Crippen molar-refractivity contribution >= 4 is 28.5 Å². The van der Waals surface area contributed by atoms with Crippen LogP contribution in [0.4, 0.5) is 20.4 Å². The number of nitrogens with zero attached hydrogens (tertiary/aromatic N) is 4. The summed E-state index contributed by atoms with van der Waals surface area (Å²) in [6.07, 6.45) is 6.71. The second-order valence-electron chi connectivity index (χ2n) is 7.91. The molecule has 2 fully saturated rings. The van der Waals surface area contributed by atoms with E-state index in [0.29, 0.717) is 37.5 Å². The molecule has 1 aromatic carbocycles. The van der Waals surface area contributed by atoms with E-state index < -0.39 is 11.6 Å². The molecule has 3 aromatic rings. The molecule has 0 atom stereocenters. The van der Waals surface area contributed by atoms with Gasteiger partial charge in [-0.2, -0.15) is 0 Å². The lowest BCUT2D eigenvalue weighted by Gasteiger charge is -2.33. The van der Waals surface area contributed by atoms with Gasteiger partial charge in [-0.25, -0.2) is 18.7 Å². The summed E-state index contributed by atoms with van der Waals surface area (Å²) in [5.41, 5.74) is 1.33. The van der Waals surface area contributed by atoms with Crippen LogP contribution in [0.15, 0.2) is 36.7 Å². The van der Waals surface area contributed by atoms with Crippen molar-refractivity contribution in [3.05, 3.63) is 53.9 Å². The number of nitrogens with one attached hydrogen (secondary N) is 1. The molecule has 0 radical (unpaired) electrons. The second-order valence-corrected chi connectivity index (χ2v) is 7.91. The Kier molecular flexibility index (Phi) is 4.77. The second kappa shape index (κ2) is 7.59. The van der Waals surface area contributed by atoms with Crippen LogP contribution in [0.2, 0.25) is 0 Å². The van der Waals surface area contributed by atoms with Gasteiger partial charge >= 0.3 is 0 Å². The average molecular weight is 409 g/mol. The molecule has 0 spiro atoms. The summed E-state index contributed by atoms with van der Waals surface area (Å²) in [5.74, 6) is -1.23. The van der Waals surface area contributed by atoms with Gasteiger partial charge in [0.1, 0.15) is 5.52 Å². The summed E-state index contributed by atoms with van der Waals surface area (Å²) >= 11 is 0. The monoisotopic (exact) mass is 409 g/mol. The molecule has 2 aromatic heterocycles. The lowest BCUT2D eigenvalue weighted by Crippen LogP contribution is -2.37. The summed E-state index contributed by atoms with van der Waals surface area (Å²) in [6, 6.07) is 6.01. The number of Topliss-reactive ketones (excluding diaryl/α,β-unsaturated/α-hetero) is 1. The average Bonchev–Trinajstić information content (AvgIpc) is 3.59. The third kappa shape index (κ3) is 3.58. The summed E-state index contributed by atoms with van der Waals surface area (Å²) in [4.78, 5) is 28.5. The highest BCUT2D eigenvalue weighted by atomic mass is 19.2. The van der Waals surface area contributed by atoms with Gasteiger partial charge in [0.25, 0.3) is 0 Å². The van der Waals surface area contributed by atoms with Gasteiger partial charge in [-0.15, -0.1) is 0 Å². The molecule has 154 valence electrons. The molecule has 0 amide bonds. The number of carbonyl (C=O) groups excluding carboxylic acids is 1. The van der Waals surface area contributed by atoms with Gasteiger partial charge in [0.2, 0.25) is 0 Å². The zero-order valence-corrected chi connectivity index (χ0v) is 16.3. The molecule has 1 N–H and O–H groups in total. The van der Waals surface area contributed by atoms with Crippen molar-refractivity contribution in [2.45, 2.75) is 31.7 Å². The minimum Gasteiger partial charge on any atom is -0.364 e. The van der Waals surface area contributed by atoms with Crippen LogP contribution in [0, 0.1) is 17.6 Å². The summed E-state index contributed by atoms with van der Waals surface area (Å²) in [6.45, 7) is 1.18. The fourth-order valence-corrected chi connectivity index (χ4v) is 3.90. The van der Waals surface area contributed by atoms with E-state index in [1.165, 1.54) is 12.1 Å². The molecule has 0 unspecified atom stereocenters. The third-order valence-electron chi connectivity index (χ3n) is 5.75. The van der Waals surface area contributed by atoms with Crippen LogP contribution in [-0.2, 0) is 0 Å². The molecule has 30 heavy (non-hydrogen) atoms. The molecular formula is C22H21F2N5O. The van der Waals surface area contributed by atoms with E-state index in [1.807, 2.05) is 6.07 Å². The molecule has 3 heterocycles. The molecule has 2 aliphatic rings. The first-order chi connectivity index (χ1) is 14.6. The minimum atomic E-state index is -1.06. The Morgan fingerprint density at radius 2 is 1.83 bits per heavy atom. The molecule has 1 saturated heterocycles. The van der Waals surface area contributed by atoms with Crippen molar-refractivity contribution in [3.63, 3.8) is 0 Å². The van der Waals surface area contributed by atoms with E-state index in [9.17, 15) is 13.6 Å². The fourth-order valence-electron chi connectivity index (χ4n) is 3.90. The zero-order chi connectivity index (χ0) is 20.7. The molecule has 1 aliphatic carbocycles. The molecule has 1 saturated carbocycles. The molecular weight excluding hydrogens is 388 g/mol. The predicted molar refractivity (Wildman–Crippen MR) is 110 cm³/mol. The van der Waals surface area contributed by atoms with Crippen molar-refractivity contribution < 1.29 is 13.6 Å². The maximum absolute atomic E-state index is 14.0. The fraction of sp³-hybridized carbons (Fsp3) is 0.364. The first-order valence-electron chi connectivity index (χ1n) is 10.2. The Morgan fingerprint density at radius 1 is 1.03 bits per heavy atom. The Morgan fingerprint density at radius 3 is 2.60 bits per heavy atom. The zero-order valence-electron chi connectivity index (χ0n) is 16.3. The van der Waals surface area contributed by atoms with Crippen LogP contribution in [0.1, 0.15) is 36.0 Å². The number of hydrogen-bond donors (Lipinski definition) is 1. The number of anilines is 2. The Bertz CT molecular complexity index is 1110. The van der Waals surface area contributed by atoms with Crippen molar-refractivity contribution in [1.82, 2.24) is 15.0 Å². The number of halogens is 2. The number of rotatable bonds is 5. The topological polar surface area (TPSA) is 71.0 Å². The van der Waals surface area contributed by atoms with Crippen LogP contribution in [0.3, 0.4) is 0 Å². The van der Waals surface area contributed by atoms with E-state index in [0.717, 1.165) is 36.1 Å². The van der Waals surface area contributed by atoms with Crippen LogP contribution in [0.5, 0.6) is 0 Å². The highest BCUT2D eigenvalue weighted by molar-refractivity contribution is 5.98. The van der Waals surface area contributed by atoms with E-state index >= 15 is 0 Å². The summed E-state index contributed by atoms with van der Waals surface area (Å²) < 4.78 is 27.5. The number of ketones is 1. The van der Waals surface area contributed by atoms with E-state index in [1.54, 1.807) is 12.4 Å². The Hall–Kier alpha value is -3.16. The van der Waals surface area contributed by atoms with Crippen molar-refractivity contribution in [3.8, 4) is 0 Å². The number of benzene rings is 1. The van der Waals surface area contributed by atoms with Gasteiger partial charge in [-0.3, -0.25) is 9.78 Å². The number of hydrogen-bond acceptors (Lipinski definition) is 6. The molecule has 0 bridgehead atoms.